The largest absolute Gasteiger partial charge is 0.335 e. The van der Waals surface area contributed by atoms with Crippen LogP contribution in [0.25, 0.3) is 10.6 Å². The number of carbonyl (C=O) groups excluding carboxylic acids is 1. The molecule has 1 aliphatic heterocycles. The Bertz CT molecular complexity index is 869. The predicted molar refractivity (Wildman–Crippen MR) is 108 cm³/mol. The number of hydrogen-bond acceptors (Lipinski definition) is 5. The summed E-state index contributed by atoms with van der Waals surface area (Å²) in [4.78, 5) is 22.3. The standard InChI is InChI=1S/C19H18ClN3OS2/c20-15-5-3-14(4-6-15)18-21-16(13-26-18)12-22-7-9-23(10-8-22)19(24)17-2-1-11-25-17/h1-6,11,13H,7-10,12H2. The second-order valence-corrected chi connectivity index (χ2v) is 8.44. The Morgan fingerprint density at radius 1 is 1.08 bits per heavy atom. The van der Waals surface area contributed by atoms with Crippen LogP contribution in [0.3, 0.4) is 0 Å². The lowest BCUT2D eigenvalue weighted by atomic mass is 10.2. The molecular formula is C19H18ClN3OS2. The summed E-state index contributed by atoms with van der Waals surface area (Å²) >= 11 is 9.11. The van der Waals surface area contributed by atoms with E-state index >= 15 is 0 Å². The lowest BCUT2D eigenvalue weighted by Crippen LogP contribution is -2.48. The van der Waals surface area contributed by atoms with Gasteiger partial charge in [-0.05, 0) is 23.6 Å². The van der Waals surface area contributed by atoms with Gasteiger partial charge in [0, 0.05) is 48.7 Å². The highest BCUT2D eigenvalue weighted by molar-refractivity contribution is 7.13. The molecule has 26 heavy (non-hydrogen) atoms. The summed E-state index contributed by atoms with van der Waals surface area (Å²) in [6, 6.07) is 11.6. The lowest BCUT2D eigenvalue weighted by molar-refractivity contribution is 0.0632. The molecule has 1 fully saturated rings. The molecule has 0 atom stereocenters. The van der Waals surface area contributed by atoms with Crippen LogP contribution in [0.15, 0.2) is 47.2 Å². The average Bonchev–Trinajstić information content (AvgIpc) is 3.35. The SMILES string of the molecule is O=C(c1cccs1)N1CCN(Cc2csc(-c3ccc(Cl)cc3)n2)CC1. The molecule has 0 saturated carbocycles. The number of hydrogen-bond donors (Lipinski definition) is 0. The maximum Gasteiger partial charge on any atom is 0.264 e. The summed E-state index contributed by atoms with van der Waals surface area (Å²) in [7, 11) is 0. The topological polar surface area (TPSA) is 36.4 Å². The minimum Gasteiger partial charge on any atom is -0.335 e. The van der Waals surface area contributed by atoms with Crippen LogP contribution in [0.1, 0.15) is 15.4 Å². The van der Waals surface area contributed by atoms with Crippen LogP contribution in [0.2, 0.25) is 5.02 Å². The van der Waals surface area contributed by atoms with E-state index < -0.39 is 0 Å². The van der Waals surface area contributed by atoms with Gasteiger partial charge in [-0.15, -0.1) is 22.7 Å². The number of piperazine rings is 1. The van der Waals surface area contributed by atoms with Crippen molar-refractivity contribution in [3.05, 3.63) is 62.8 Å². The van der Waals surface area contributed by atoms with Gasteiger partial charge in [-0.3, -0.25) is 9.69 Å². The summed E-state index contributed by atoms with van der Waals surface area (Å²) in [5, 5.41) is 5.82. The van der Waals surface area contributed by atoms with E-state index in [1.54, 1.807) is 11.3 Å². The Labute approximate surface area is 165 Å². The lowest BCUT2D eigenvalue weighted by Gasteiger charge is -2.34. The van der Waals surface area contributed by atoms with Crippen LogP contribution in [0.4, 0.5) is 0 Å². The minimum atomic E-state index is 0.151. The van der Waals surface area contributed by atoms with Gasteiger partial charge in [0.2, 0.25) is 0 Å². The zero-order valence-corrected chi connectivity index (χ0v) is 16.5. The normalized spacial score (nSPS) is 15.3. The predicted octanol–water partition coefficient (Wildman–Crippen LogP) is 4.48. The first-order chi connectivity index (χ1) is 12.7. The van der Waals surface area contributed by atoms with Gasteiger partial charge in [0.05, 0.1) is 10.6 Å². The van der Waals surface area contributed by atoms with Crippen LogP contribution in [0.5, 0.6) is 0 Å². The van der Waals surface area contributed by atoms with Gasteiger partial charge >= 0.3 is 0 Å². The molecule has 0 bridgehead atoms. The number of thiazole rings is 1. The zero-order chi connectivity index (χ0) is 17.9. The molecule has 0 N–H and O–H groups in total. The number of aromatic nitrogens is 1. The van der Waals surface area contributed by atoms with E-state index in [9.17, 15) is 4.79 Å². The van der Waals surface area contributed by atoms with Crippen molar-refractivity contribution in [2.24, 2.45) is 0 Å². The van der Waals surface area contributed by atoms with Crippen LogP contribution < -0.4 is 0 Å². The van der Waals surface area contributed by atoms with E-state index in [2.05, 4.69) is 10.3 Å². The third-order valence-corrected chi connectivity index (χ3v) is 6.47. The smallest absolute Gasteiger partial charge is 0.264 e. The Kier molecular flexibility index (Phi) is 5.36. The fourth-order valence-corrected chi connectivity index (χ4v) is 4.63. The molecule has 0 radical (unpaired) electrons. The van der Waals surface area contributed by atoms with Gasteiger partial charge in [0.15, 0.2) is 0 Å². The van der Waals surface area contributed by atoms with Gasteiger partial charge in [-0.1, -0.05) is 29.8 Å². The molecule has 0 spiro atoms. The number of halogens is 1. The highest BCUT2D eigenvalue weighted by Crippen LogP contribution is 2.26. The second-order valence-electron chi connectivity index (χ2n) is 6.20. The summed E-state index contributed by atoms with van der Waals surface area (Å²) in [6.07, 6.45) is 0. The molecule has 1 aliphatic rings. The quantitative estimate of drug-likeness (QED) is 0.644. The van der Waals surface area contributed by atoms with Crippen molar-refractivity contribution in [1.82, 2.24) is 14.8 Å². The van der Waals surface area contributed by atoms with Crippen molar-refractivity contribution >= 4 is 40.2 Å². The molecular weight excluding hydrogens is 386 g/mol. The van der Waals surface area contributed by atoms with Crippen molar-refractivity contribution < 1.29 is 4.79 Å². The molecule has 134 valence electrons. The van der Waals surface area contributed by atoms with Crippen LogP contribution in [-0.2, 0) is 6.54 Å². The van der Waals surface area contributed by atoms with Crippen molar-refractivity contribution in [3.63, 3.8) is 0 Å². The van der Waals surface area contributed by atoms with Gasteiger partial charge in [0.25, 0.3) is 5.91 Å². The zero-order valence-electron chi connectivity index (χ0n) is 14.1. The summed E-state index contributed by atoms with van der Waals surface area (Å²) < 4.78 is 0. The Hall–Kier alpha value is -1.73. The van der Waals surface area contributed by atoms with Gasteiger partial charge in [-0.2, -0.15) is 0 Å². The molecule has 1 aromatic carbocycles. The third kappa shape index (κ3) is 3.99. The van der Waals surface area contributed by atoms with Crippen molar-refractivity contribution in [1.29, 1.82) is 0 Å². The number of rotatable bonds is 4. The van der Waals surface area contributed by atoms with E-state index in [0.29, 0.717) is 0 Å². The Balaban J connectivity index is 1.33. The van der Waals surface area contributed by atoms with Crippen LogP contribution in [0, 0.1) is 0 Å². The third-order valence-electron chi connectivity index (χ3n) is 4.42. The maximum atomic E-state index is 12.4. The average molecular weight is 404 g/mol. The van der Waals surface area contributed by atoms with Gasteiger partial charge in [-0.25, -0.2) is 4.98 Å². The van der Waals surface area contributed by atoms with E-state index in [4.69, 9.17) is 16.6 Å². The van der Waals surface area contributed by atoms with Crippen molar-refractivity contribution in [2.45, 2.75) is 6.54 Å². The molecule has 4 nitrogen and oxygen atoms in total. The van der Waals surface area contributed by atoms with E-state index in [0.717, 1.165) is 58.9 Å². The maximum absolute atomic E-state index is 12.4. The highest BCUT2D eigenvalue weighted by atomic mass is 35.5. The van der Waals surface area contributed by atoms with E-state index in [1.807, 2.05) is 46.7 Å². The molecule has 3 aromatic rings. The van der Waals surface area contributed by atoms with E-state index in [-0.39, 0.29) is 5.91 Å². The molecule has 4 rings (SSSR count). The summed E-state index contributed by atoms with van der Waals surface area (Å²) in [5.41, 5.74) is 2.18. The number of nitrogens with zero attached hydrogens (tertiary/aromatic N) is 3. The van der Waals surface area contributed by atoms with E-state index in [1.165, 1.54) is 11.3 Å². The number of thiophene rings is 1. The van der Waals surface area contributed by atoms with Crippen LogP contribution >= 0.6 is 34.3 Å². The molecule has 0 aliphatic carbocycles. The second kappa shape index (κ2) is 7.88. The molecule has 2 aromatic heterocycles. The molecule has 0 unspecified atom stereocenters. The van der Waals surface area contributed by atoms with Crippen LogP contribution in [-0.4, -0.2) is 46.9 Å². The first-order valence-electron chi connectivity index (χ1n) is 8.44. The molecule has 7 heteroatoms. The van der Waals surface area contributed by atoms with Crippen molar-refractivity contribution in [3.8, 4) is 10.6 Å². The first kappa shape index (κ1) is 17.7. The molecule has 1 amide bonds. The fraction of sp³-hybridized carbons (Fsp3) is 0.263. The minimum absolute atomic E-state index is 0.151. The summed E-state index contributed by atoms with van der Waals surface area (Å²) in [6.45, 7) is 4.12. The molecule has 1 saturated heterocycles. The first-order valence-corrected chi connectivity index (χ1v) is 10.6. The Morgan fingerprint density at radius 3 is 2.54 bits per heavy atom. The fourth-order valence-electron chi connectivity index (χ4n) is 3.00. The van der Waals surface area contributed by atoms with Crippen molar-refractivity contribution in [2.75, 3.05) is 26.2 Å². The van der Waals surface area contributed by atoms with Gasteiger partial charge in [0.1, 0.15) is 5.01 Å². The monoisotopic (exact) mass is 403 g/mol. The highest BCUT2D eigenvalue weighted by Gasteiger charge is 2.23. The van der Waals surface area contributed by atoms with Gasteiger partial charge < -0.3 is 4.90 Å². The Morgan fingerprint density at radius 2 is 1.85 bits per heavy atom. The number of benzene rings is 1. The summed E-state index contributed by atoms with van der Waals surface area (Å²) in [5.74, 6) is 0.151. The number of amides is 1. The number of carbonyl (C=O) groups is 1. The molecule has 3 heterocycles.